The van der Waals surface area contributed by atoms with Gasteiger partial charge in [0.1, 0.15) is 5.75 Å². The second-order valence-electron chi connectivity index (χ2n) is 3.55. The van der Waals surface area contributed by atoms with Crippen molar-refractivity contribution < 1.29 is 9.47 Å². The summed E-state index contributed by atoms with van der Waals surface area (Å²) in [5, 5.41) is 11.6. The number of aromatic nitrogens is 1. The first-order valence-electron chi connectivity index (χ1n) is 5.09. The molecular weight excluding hydrogens is 202 g/mol. The summed E-state index contributed by atoms with van der Waals surface area (Å²) in [6.45, 7) is 0. The molecule has 16 heavy (non-hydrogen) atoms. The van der Waals surface area contributed by atoms with Crippen LogP contribution in [0.15, 0.2) is 48.7 Å². The number of methoxy groups -OCH3 is 1. The van der Waals surface area contributed by atoms with Crippen molar-refractivity contribution in [1.82, 2.24) is 0 Å². The number of hydrogen-bond donors (Lipinski definition) is 0. The predicted octanol–water partition coefficient (Wildman–Crippen LogP) is 1.92. The summed E-state index contributed by atoms with van der Waals surface area (Å²) >= 11 is 0. The molecule has 0 bridgehead atoms. The van der Waals surface area contributed by atoms with Gasteiger partial charge in [-0.1, -0.05) is 30.3 Å². The molecule has 3 heteroatoms. The number of benzene rings is 1. The Morgan fingerprint density at radius 3 is 2.62 bits per heavy atom. The minimum absolute atomic E-state index is 0.613. The van der Waals surface area contributed by atoms with E-state index in [0.717, 1.165) is 10.3 Å². The average Bonchev–Trinajstić information content (AvgIpc) is 2.33. The molecule has 0 saturated carbocycles. The van der Waals surface area contributed by atoms with Gasteiger partial charge < -0.3 is 9.94 Å². The Bertz CT molecular complexity index is 469. The van der Waals surface area contributed by atoms with E-state index >= 15 is 0 Å². The van der Waals surface area contributed by atoms with E-state index < -0.39 is 0 Å². The van der Waals surface area contributed by atoms with Crippen LogP contribution in [0.3, 0.4) is 0 Å². The van der Waals surface area contributed by atoms with E-state index in [2.05, 4.69) is 0 Å². The Morgan fingerprint density at radius 2 is 1.94 bits per heavy atom. The molecule has 0 N–H and O–H groups in total. The van der Waals surface area contributed by atoms with E-state index in [0.29, 0.717) is 17.9 Å². The van der Waals surface area contributed by atoms with Gasteiger partial charge in [0, 0.05) is 12.1 Å². The maximum Gasteiger partial charge on any atom is 0.200 e. The molecule has 1 heterocycles. The van der Waals surface area contributed by atoms with Crippen molar-refractivity contribution in [1.29, 1.82) is 0 Å². The van der Waals surface area contributed by atoms with Crippen LogP contribution in [0, 0.1) is 5.21 Å². The SMILES string of the molecule is COc1cc[n+]([O-])c(Cc2ccccc2)c1. The summed E-state index contributed by atoms with van der Waals surface area (Å²) < 4.78 is 5.97. The molecule has 0 atom stereocenters. The fourth-order valence-electron chi connectivity index (χ4n) is 1.57. The van der Waals surface area contributed by atoms with Crippen molar-refractivity contribution in [2.24, 2.45) is 0 Å². The maximum atomic E-state index is 11.6. The van der Waals surface area contributed by atoms with Gasteiger partial charge in [0.15, 0.2) is 6.20 Å². The lowest BCUT2D eigenvalue weighted by molar-refractivity contribution is -0.613. The van der Waals surface area contributed by atoms with Gasteiger partial charge in [0.05, 0.1) is 13.5 Å². The zero-order chi connectivity index (χ0) is 11.4. The standard InChI is InChI=1S/C13H13NO2/c1-16-13-7-8-14(15)12(10-13)9-11-5-3-2-4-6-11/h2-8,10H,9H2,1H3. The molecule has 0 aliphatic carbocycles. The van der Waals surface area contributed by atoms with Gasteiger partial charge in [-0.15, -0.1) is 0 Å². The van der Waals surface area contributed by atoms with E-state index in [9.17, 15) is 5.21 Å². The summed E-state index contributed by atoms with van der Waals surface area (Å²) in [7, 11) is 1.59. The number of ether oxygens (including phenoxy) is 1. The molecule has 0 radical (unpaired) electrons. The largest absolute Gasteiger partial charge is 0.618 e. The fraction of sp³-hybridized carbons (Fsp3) is 0.154. The Balaban J connectivity index is 2.27. The molecule has 2 rings (SSSR count). The highest BCUT2D eigenvalue weighted by Gasteiger charge is 2.07. The number of nitrogens with zero attached hydrogens (tertiary/aromatic N) is 1. The van der Waals surface area contributed by atoms with Crippen LogP contribution >= 0.6 is 0 Å². The topological polar surface area (TPSA) is 36.2 Å². The van der Waals surface area contributed by atoms with Gasteiger partial charge in [0.2, 0.25) is 5.69 Å². The van der Waals surface area contributed by atoms with Gasteiger partial charge >= 0.3 is 0 Å². The zero-order valence-corrected chi connectivity index (χ0v) is 9.09. The highest BCUT2D eigenvalue weighted by molar-refractivity contribution is 5.25. The lowest BCUT2D eigenvalue weighted by Crippen LogP contribution is -2.31. The minimum Gasteiger partial charge on any atom is -0.618 e. The molecule has 1 aromatic carbocycles. The average molecular weight is 215 g/mol. The number of pyridine rings is 1. The highest BCUT2D eigenvalue weighted by Crippen LogP contribution is 2.12. The molecule has 1 aromatic heterocycles. The van der Waals surface area contributed by atoms with Crippen LogP contribution in [0.4, 0.5) is 0 Å². The third-order valence-electron chi connectivity index (χ3n) is 2.43. The van der Waals surface area contributed by atoms with Crippen LogP contribution in [0.25, 0.3) is 0 Å². The summed E-state index contributed by atoms with van der Waals surface area (Å²) in [5.74, 6) is 0.707. The third-order valence-corrected chi connectivity index (χ3v) is 2.43. The first-order chi connectivity index (χ1) is 7.79. The van der Waals surface area contributed by atoms with E-state index in [-0.39, 0.29) is 0 Å². The molecule has 0 unspecified atom stereocenters. The molecule has 2 aromatic rings. The molecule has 82 valence electrons. The fourth-order valence-corrected chi connectivity index (χ4v) is 1.57. The van der Waals surface area contributed by atoms with E-state index in [1.807, 2.05) is 30.3 Å². The first kappa shape index (κ1) is 10.5. The lowest BCUT2D eigenvalue weighted by Gasteiger charge is -2.06. The molecule has 0 aliphatic heterocycles. The van der Waals surface area contributed by atoms with E-state index in [1.54, 1.807) is 19.2 Å². The number of rotatable bonds is 3. The van der Waals surface area contributed by atoms with Gasteiger partial charge in [-0.3, -0.25) is 0 Å². The smallest absolute Gasteiger partial charge is 0.200 e. The molecule has 0 saturated heterocycles. The van der Waals surface area contributed by atoms with E-state index in [1.165, 1.54) is 6.20 Å². The summed E-state index contributed by atoms with van der Waals surface area (Å²) in [6.07, 6.45) is 2.08. The summed E-state index contributed by atoms with van der Waals surface area (Å²) in [4.78, 5) is 0. The van der Waals surface area contributed by atoms with Gasteiger partial charge in [-0.2, -0.15) is 4.73 Å². The Hall–Kier alpha value is -2.03. The van der Waals surface area contributed by atoms with Crippen molar-refractivity contribution in [2.75, 3.05) is 7.11 Å². The Kier molecular flexibility index (Phi) is 3.05. The van der Waals surface area contributed by atoms with Crippen molar-refractivity contribution in [2.45, 2.75) is 6.42 Å². The summed E-state index contributed by atoms with van der Waals surface area (Å²) in [6, 6.07) is 13.3. The molecular formula is C13H13NO2. The molecule has 3 nitrogen and oxygen atoms in total. The normalized spacial score (nSPS) is 10.1. The maximum absolute atomic E-state index is 11.6. The van der Waals surface area contributed by atoms with Crippen LogP contribution in [-0.4, -0.2) is 7.11 Å². The number of hydrogen-bond acceptors (Lipinski definition) is 2. The monoisotopic (exact) mass is 215 g/mol. The Labute approximate surface area is 94.5 Å². The van der Waals surface area contributed by atoms with Crippen molar-refractivity contribution in [3.8, 4) is 5.75 Å². The molecule has 0 spiro atoms. The molecule has 0 fully saturated rings. The molecule has 0 aliphatic rings. The van der Waals surface area contributed by atoms with Crippen LogP contribution < -0.4 is 9.47 Å². The minimum atomic E-state index is 0.613. The second-order valence-corrected chi connectivity index (χ2v) is 3.55. The van der Waals surface area contributed by atoms with Crippen LogP contribution in [0.1, 0.15) is 11.3 Å². The van der Waals surface area contributed by atoms with Gasteiger partial charge in [-0.05, 0) is 5.56 Å². The lowest BCUT2D eigenvalue weighted by atomic mass is 10.1. The van der Waals surface area contributed by atoms with Gasteiger partial charge in [-0.25, -0.2) is 0 Å². The van der Waals surface area contributed by atoms with Crippen LogP contribution in [-0.2, 0) is 6.42 Å². The molecule has 0 amide bonds. The zero-order valence-electron chi connectivity index (χ0n) is 9.09. The first-order valence-corrected chi connectivity index (χ1v) is 5.09. The van der Waals surface area contributed by atoms with Gasteiger partial charge in [0.25, 0.3) is 0 Å². The Morgan fingerprint density at radius 1 is 1.19 bits per heavy atom. The third kappa shape index (κ3) is 2.31. The van der Waals surface area contributed by atoms with Crippen LogP contribution in [0.2, 0.25) is 0 Å². The predicted molar refractivity (Wildman–Crippen MR) is 61.2 cm³/mol. The van der Waals surface area contributed by atoms with Crippen molar-refractivity contribution >= 4 is 0 Å². The van der Waals surface area contributed by atoms with Crippen molar-refractivity contribution in [3.05, 3.63) is 65.1 Å². The quantitative estimate of drug-likeness (QED) is 0.579. The summed E-state index contributed by atoms with van der Waals surface area (Å²) in [5.41, 5.74) is 1.80. The van der Waals surface area contributed by atoms with Crippen LogP contribution in [0.5, 0.6) is 5.75 Å². The highest BCUT2D eigenvalue weighted by atomic mass is 16.5. The van der Waals surface area contributed by atoms with E-state index in [4.69, 9.17) is 4.74 Å². The van der Waals surface area contributed by atoms with Crippen molar-refractivity contribution in [3.63, 3.8) is 0 Å². The second kappa shape index (κ2) is 4.66.